The Kier molecular flexibility index (Phi) is 5.46. The van der Waals surface area contributed by atoms with Crippen molar-refractivity contribution in [2.45, 2.75) is 18.9 Å². The van der Waals surface area contributed by atoms with Crippen LogP contribution in [0.4, 0.5) is 0 Å². The summed E-state index contributed by atoms with van der Waals surface area (Å²) < 4.78 is 5.26. The fraction of sp³-hybridized carbons (Fsp3) is 0.417. The van der Waals surface area contributed by atoms with E-state index >= 15 is 0 Å². The number of benzene rings is 1. The van der Waals surface area contributed by atoms with E-state index in [1.54, 1.807) is 0 Å². The van der Waals surface area contributed by atoms with E-state index in [0.29, 0.717) is 13.2 Å². The molecule has 1 unspecified atom stereocenters. The number of rotatable bonds is 6. The van der Waals surface area contributed by atoms with Gasteiger partial charge in [-0.25, -0.2) is 0 Å². The molecular formula is C12H16N2O. The molecule has 0 heterocycles. The highest BCUT2D eigenvalue weighted by molar-refractivity contribution is 5.14. The third-order valence-electron chi connectivity index (χ3n) is 2.06. The summed E-state index contributed by atoms with van der Waals surface area (Å²) in [6, 6.07) is 11.7. The van der Waals surface area contributed by atoms with Crippen LogP contribution in [0, 0.1) is 11.3 Å². The van der Waals surface area contributed by atoms with Crippen LogP contribution in [0.2, 0.25) is 0 Å². The number of hydrogen-bond acceptors (Lipinski definition) is 3. The molecule has 3 heteroatoms. The van der Waals surface area contributed by atoms with Crippen LogP contribution in [0.15, 0.2) is 30.3 Å². The number of nitrogens with two attached hydrogens (primary N) is 1. The summed E-state index contributed by atoms with van der Waals surface area (Å²) in [5.74, 6) is 0. The molecule has 0 amide bonds. The van der Waals surface area contributed by atoms with E-state index in [9.17, 15) is 0 Å². The Labute approximate surface area is 90.5 Å². The van der Waals surface area contributed by atoms with Crippen molar-refractivity contribution in [3.8, 4) is 6.07 Å². The average Bonchev–Trinajstić information content (AvgIpc) is 2.29. The first-order chi connectivity index (χ1) is 7.33. The second-order valence-electron chi connectivity index (χ2n) is 3.40. The molecule has 3 nitrogen and oxygen atoms in total. The van der Waals surface area contributed by atoms with Crippen molar-refractivity contribution in [2.75, 3.05) is 13.2 Å². The molecule has 0 aliphatic heterocycles. The molecule has 15 heavy (non-hydrogen) atoms. The van der Waals surface area contributed by atoms with Gasteiger partial charge >= 0.3 is 0 Å². The topological polar surface area (TPSA) is 59.0 Å². The first-order valence-electron chi connectivity index (χ1n) is 5.10. The molecule has 0 fully saturated rings. The van der Waals surface area contributed by atoms with Gasteiger partial charge in [0.2, 0.25) is 0 Å². The third kappa shape index (κ3) is 5.16. The van der Waals surface area contributed by atoms with Crippen LogP contribution in [-0.4, -0.2) is 19.3 Å². The van der Waals surface area contributed by atoms with Crippen molar-refractivity contribution in [3.63, 3.8) is 0 Å². The third-order valence-corrected chi connectivity index (χ3v) is 2.06. The van der Waals surface area contributed by atoms with Crippen LogP contribution in [0.1, 0.15) is 12.0 Å². The molecule has 0 aliphatic rings. The lowest BCUT2D eigenvalue weighted by molar-refractivity contribution is 0.128. The van der Waals surface area contributed by atoms with Crippen molar-refractivity contribution < 1.29 is 4.74 Å². The highest BCUT2D eigenvalue weighted by Gasteiger charge is 1.98. The molecule has 80 valence electrons. The van der Waals surface area contributed by atoms with Crippen LogP contribution in [0.25, 0.3) is 0 Å². The minimum atomic E-state index is -0.498. The van der Waals surface area contributed by atoms with Crippen LogP contribution >= 0.6 is 0 Å². The zero-order valence-corrected chi connectivity index (χ0v) is 8.73. The van der Waals surface area contributed by atoms with Crippen molar-refractivity contribution in [1.82, 2.24) is 0 Å². The number of hydrogen-bond donors (Lipinski definition) is 1. The fourth-order valence-electron chi connectivity index (χ4n) is 1.27. The fourth-order valence-corrected chi connectivity index (χ4v) is 1.27. The molecule has 1 aromatic carbocycles. The molecule has 0 saturated heterocycles. The van der Waals surface area contributed by atoms with Crippen LogP contribution in [0.3, 0.4) is 0 Å². The van der Waals surface area contributed by atoms with Gasteiger partial charge in [0, 0.05) is 6.61 Å². The molecule has 1 aromatic rings. The normalized spacial score (nSPS) is 12.0. The summed E-state index contributed by atoms with van der Waals surface area (Å²) in [6.45, 7) is 0.982. The van der Waals surface area contributed by atoms with Crippen molar-refractivity contribution in [1.29, 1.82) is 5.26 Å². The molecule has 0 bridgehead atoms. The second-order valence-corrected chi connectivity index (χ2v) is 3.40. The first-order valence-corrected chi connectivity index (χ1v) is 5.10. The van der Waals surface area contributed by atoms with E-state index in [-0.39, 0.29) is 0 Å². The van der Waals surface area contributed by atoms with Gasteiger partial charge in [-0.1, -0.05) is 30.3 Å². The Morgan fingerprint density at radius 3 is 2.73 bits per heavy atom. The quantitative estimate of drug-likeness (QED) is 0.714. The minimum Gasteiger partial charge on any atom is -0.379 e. The van der Waals surface area contributed by atoms with Crippen LogP contribution in [-0.2, 0) is 11.2 Å². The Hall–Kier alpha value is -1.37. The molecule has 1 rings (SSSR count). The maximum atomic E-state index is 8.41. The number of nitriles is 1. The highest BCUT2D eigenvalue weighted by Crippen LogP contribution is 2.02. The van der Waals surface area contributed by atoms with Gasteiger partial charge in [0.25, 0.3) is 0 Å². The zero-order valence-electron chi connectivity index (χ0n) is 8.73. The van der Waals surface area contributed by atoms with Gasteiger partial charge in [-0.3, -0.25) is 0 Å². The Bertz CT molecular complexity index is 305. The summed E-state index contributed by atoms with van der Waals surface area (Å²) in [5.41, 5.74) is 6.69. The molecule has 2 N–H and O–H groups in total. The van der Waals surface area contributed by atoms with Gasteiger partial charge in [0.05, 0.1) is 12.7 Å². The molecule has 0 aromatic heterocycles. The van der Waals surface area contributed by atoms with E-state index in [2.05, 4.69) is 12.1 Å². The molecule has 1 atom stereocenters. The van der Waals surface area contributed by atoms with Crippen molar-refractivity contribution in [3.05, 3.63) is 35.9 Å². The summed E-state index contributed by atoms with van der Waals surface area (Å²) in [4.78, 5) is 0. The monoisotopic (exact) mass is 204 g/mol. The van der Waals surface area contributed by atoms with E-state index < -0.39 is 6.04 Å². The number of aryl methyl sites for hydroxylation is 1. The van der Waals surface area contributed by atoms with Gasteiger partial charge in [-0.05, 0) is 18.4 Å². The summed E-state index contributed by atoms with van der Waals surface area (Å²) in [7, 11) is 0. The molecular weight excluding hydrogens is 188 g/mol. The Morgan fingerprint density at radius 2 is 2.07 bits per heavy atom. The highest BCUT2D eigenvalue weighted by atomic mass is 16.5. The van der Waals surface area contributed by atoms with Gasteiger partial charge in [-0.2, -0.15) is 5.26 Å². The summed E-state index contributed by atoms with van der Waals surface area (Å²) in [6.07, 6.45) is 1.96. The number of ether oxygens (including phenoxy) is 1. The molecule has 0 spiro atoms. The zero-order chi connectivity index (χ0) is 10.9. The molecule has 0 aliphatic carbocycles. The average molecular weight is 204 g/mol. The van der Waals surface area contributed by atoms with E-state index in [1.807, 2.05) is 24.3 Å². The van der Waals surface area contributed by atoms with Crippen molar-refractivity contribution in [2.24, 2.45) is 5.73 Å². The summed E-state index contributed by atoms with van der Waals surface area (Å²) >= 11 is 0. The Morgan fingerprint density at radius 1 is 1.33 bits per heavy atom. The maximum absolute atomic E-state index is 8.41. The van der Waals surface area contributed by atoms with Crippen molar-refractivity contribution >= 4 is 0 Å². The predicted octanol–water partition coefficient (Wildman–Crippen LogP) is 1.49. The van der Waals surface area contributed by atoms with Gasteiger partial charge in [0.1, 0.15) is 6.04 Å². The van der Waals surface area contributed by atoms with Gasteiger partial charge < -0.3 is 10.5 Å². The first kappa shape index (κ1) is 11.7. The van der Waals surface area contributed by atoms with Gasteiger partial charge in [-0.15, -0.1) is 0 Å². The lowest BCUT2D eigenvalue weighted by Crippen LogP contribution is -2.24. The van der Waals surface area contributed by atoms with E-state index in [0.717, 1.165) is 12.8 Å². The standard InChI is InChI=1S/C12H16N2O/c13-9-12(14)10-15-8-4-7-11-5-2-1-3-6-11/h1-3,5-6,12H,4,7-8,10,14H2. The van der Waals surface area contributed by atoms with Gasteiger partial charge in [0.15, 0.2) is 0 Å². The lowest BCUT2D eigenvalue weighted by atomic mass is 10.1. The van der Waals surface area contributed by atoms with Crippen LogP contribution < -0.4 is 5.73 Å². The second kappa shape index (κ2) is 6.99. The lowest BCUT2D eigenvalue weighted by Gasteiger charge is -2.05. The molecule has 0 radical (unpaired) electrons. The van der Waals surface area contributed by atoms with Crippen LogP contribution in [0.5, 0.6) is 0 Å². The van der Waals surface area contributed by atoms with E-state index in [1.165, 1.54) is 5.56 Å². The smallest absolute Gasteiger partial charge is 0.116 e. The molecule has 0 saturated carbocycles. The minimum absolute atomic E-state index is 0.325. The summed E-state index contributed by atoms with van der Waals surface area (Å²) in [5, 5.41) is 8.41. The number of nitrogens with zero attached hydrogens (tertiary/aromatic N) is 1. The predicted molar refractivity (Wildman–Crippen MR) is 59.2 cm³/mol. The van der Waals surface area contributed by atoms with E-state index in [4.69, 9.17) is 15.7 Å². The Balaban J connectivity index is 2.06. The SMILES string of the molecule is N#CC(N)COCCCc1ccccc1. The maximum Gasteiger partial charge on any atom is 0.116 e. The largest absolute Gasteiger partial charge is 0.379 e.